The van der Waals surface area contributed by atoms with E-state index in [0.29, 0.717) is 44.2 Å². The van der Waals surface area contributed by atoms with Crippen molar-refractivity contribution in [2.24, 2.45) is 0 Å². The standard InChI is InChI=1S/C23H26FN3O4/c1-25(14-17-6-8-18(24)9-7-17)15-22(28)26-10-12-27(13-11-26)23(29)21-16-30-19-4-2-3-5-20(19)31-21/h2-9,21H,10-16H2,1H3. The van der Waals surface area contributed by atoms with Crippen LogP contribution in [0.2, 0.25) is 0 Å². The van der Waals surface area contributed by atoms with Gasteiger partial charge in [0.2, 0.25) is 12.0 Å². The van der Waals surface area contributed by atoms with Crippen molar-refractivity contribution in [1.82, 2.24) is 14.7 Å². The molecule has 0 aliphatic carbocycles. The molecule has 2 aromatic carbocycles. The minimum atomic E-state index is -0.668. The first kappa shape index (κ1) is 21.1. The van der Waals surface area contributed by atoms with Crippen LogP contribution in [0, 0.1) is 5.82 Å². The second-order valence-electron chi connectivity index (χ2n) is 7.87. The fourth-order valence-electron chi connectivity index (χ4n) is 3.81. The van der Waals surface area contributed by atoms with Crippen molar-refractivity contribution in [3.63, 3.8) is 0 Å². The van der Waals surface area contributed by atoms with Crippen molar-refractivity contribution in [1.29, 1.82) is 0 Å². The Labute approximate surface area is 180 Å². The number of hydrogen-bond donors (Lipinski definition) is 0. The van der Waals surface area contributed by atoms with Gasteiger partial charge in [0.25, 0.3) is 5.91 Å². The minimum absolute atomic E-state index is 0.0166. The Morgan fingerprint density at radius 2 is 1.65 bits per heavy atom. The van der Waals surface area contributed by atoms with Gasteiger partial charge in [-0.1, -0.05) is 24.3 Å². The van der Waals surface area contributed by atoms with E-state index in [1.807, 2.05) is 30.1 Å². The number of piperazine rings is 1. The predicted molar refractivity (Wildman–Crippen MR) is 112 cm³/mol. The fraction of sp³-hybridized carbons (Fsp3) is 0.391. The highest BCUT2D eigenvalue weighted by molar-refractivity contribution is 5.83. The van der Waals surface area contributed by atoms with Crippen LogP contribution < -0.4 is 9.47 Å². The summed E-state index contributed by atoms with van der Waals surface area (Å²) in [5, 5.41) is 0. The summed E-state index contributed by atoms with van der Waals surface area (Å²) >= 11 is 0. The molecule has 2 aromatic rings. The van der Waals surface area contributed by atoms with E-state index in [1.54, 1.807) is 28.0 Å². The Morgan fingerprint density at radius 3 is 2.35 bits per heavy atom. The van der Waals surface area contributed by atoms with Crippen LogP contribution in [0.15, 0.2) is 48.5 Å². The van der Waals surface area contributed by atoms with Gasteiger partial charge in [-0.3, -0.25) is 14.5 Å². The van der Waals surface area contributed by atoms with Gasteiger partial charge < -0.3 is 19.3 Å². The van der Waals surface area contributed by atoms with E-state index < -0.39 is 6.10 Å². The largest absolute Gasteiger partial charge is 0.485 e. The molecule has 0 radical (unpaired) electrons. The molecule has 7 nitrogen and oxygen atoms in total. The third-order valence-corrected chi connectivity index (χ3v) is 5.50. The topological polar surface area (TPSA) is 62.3 Å². The molecule has 1 fully saturated rings. The second kappa shape index (κ2) is 9.34. The van der Waals surface area contributed by atoms with Crippen molar-refractivity contribution >= 4 is 11.8 Å². The van der Waals surface area contributed by atoms with Gasteiger partial charge in [-0.05, 0) is 36.9 Å². The number of halogens is 1. The lowest BCUT2D eigenvalue weighted by Crippen LogP contribution is -2.56. The normalized spacial score (nSPS) is 18.2. The van der Waals surface area contributed by atoms with Crippen LogP contribution in [0.5, 0.6) is 11.5 Å². The molecular weight excluding hydrogens is 401 g/mol. The van der Waals surface area contributed by atoms with Crippen molar-refractivity contribution in [2.45, 2.75) is 12.6 Å². The first-order valence-electron chi connectivity index (χ1n) is 10.4. The molecule has 0 aromatic heterocycles. The van der Waals surface area contributed by atoms with Crippen molar-refractivity contribution in [3.05, 3.63) is 59.9 Å². The summed E-state index contributed by atoms with van der Waals surface area (Å²) in [6, 6.07) is 13.6. The van der Waals surface area contributed by atoms with E-state index in [0.717, 1.165) is 5.56 Å². The summed E-state index contributed by atoms with van der Waals surface area (Å²) in [4.78, 5) is 30.9. The SMILES string of the molecule is CN(CC(=O)N1CCN(C(=O)C2COc3ccccc3O2)CC1)Cc1ccc(F)cc1. The lowest BCUT2D eigenvalue weighted by Gasteiger charge is -2.37. The highest BCUT2D eigenvalue weighted by atomic mass is 19.1. The lowest BCUT2D eigenvalue weighted by atomic mass is 10.2. The smallest absolute Gasteiger partial charge is 0.267 e. The molecule has 2 amide bonds. The monoisotopic (exact) mass is 427 g/mol. The zero-order valence-electron chi connectivity index (χ0n) is 17.5. The number of rotatable bonds is 5. The number of likely N-dealkylation sites (N-methyl/N-ethyl adjacent to an activating group) is 1. The van der Waals surface area contributed by atoms with E-state index >= 15 is 0 Å². The van der Waals surface area contributed by atoms with E-state index in [-0.39, 0.29) is 30.8 Å². The van der Waals surface area contributed by atoms with Crippen LogP contribution in [-0.2, 0) is 16.1 Å². The summed E-state index contributed by atoms with van der Waals surface area (Å²) in [6.45, 7) is 2.91. The Hall–Kier alpha value is -3.13. The van der Waals surface area contributed by atoms with Gasteiger partial charge >= 0.3 is 0 Å². The zero-order chi connectivity index (χ0) is 21.8. The number of hydrogen-bond acceptors (Lipinski definition) is 5. The van der Waals surface area contributed by atoms with E-state index in [4.69, 9.17) is 9.47 Å². The molecule has 2 heterocycles. The Kier molecular flexibility index (Phi) is 6.36. The van der Waals surface area contributed by atoms with Gasteiger partial charge in [-0.2, -0.15) is 0 Å². The maximum absolute atomic E-state index is 13.0. The number of para-hydroxylation sites is 2. The van der Waals surface area contributed by atoms with Gasteiger partial charge in [0.05, 0.1) is 6.54 Å². The Balaban J connectivity index is 1.24. The third kappa shape index (κ3) is 5.14. The molecule has 164 valence electrons. The maximum Gasteiger partial charge on any atom is 0.267 e. The van der Waals surface area contributed by atoms with Gasteiger partial charge in [-0.25, -0.2) is 4.39 Å². The van der Waals surface area contributed by atoms with Crippen LogP contribution in [-0.4, -0.2) is 79.0 Å². The molecule has 1 saturated heterocycles. The number of fused-ring (bicyclic) bond motifs is 1. The average Bonchev–Trinajstić information content (AvgIpc) is 2.80. The highest BCUT2D eigenvalue weighted by Gasteiger charge is 2.33. The quantitative estimate of drug-likeness (QED) is 0.728. The molecule has 0 N–H and O–H groups in total. The zero-order valence-corrected chi connectivity index (χ0v) is 17.5. The van der Waals surface area contributed by atoms with E-state index in [9.17, 15) is 14.0 Å². The summed E-state index contributed by atoms with van der Waals surface area (Å²) in [7, 11) is 1.86. The summed E-state index contributed by atoms with van der Waals surface area (Å²) < 4.78 is 24.5. The molecule has 2 aliphatic rings. The summed E-state index contributed by atoms with van der Waals surface area (Å²) in [5.74, 6) is 0.846. The molecule has 2 aliphatic heterocycles. The summed E-state index contributed by atoms with van der Waals surface area (Å²) in [5.41, 5.74) is 0.948. The number of nitrogens with zero attached hydrogens (tertiary/aromatic N) is 3. The molecule has 1 atom stereocenters. The number of ether oxygens (including phenoxy) is 2. The van der Waals surface area contributed by atoms with Crippen LogP contribution in [0.25, 0.3) is 0 Å². The molecule has 31 heavy (non-hydrogen) atoms. The number of carbonyl (C=O) groups is 2. The average molecular weight is 427 g/mol. The molecule has 0 spiro atoms. The van der Waals surface area contributed by atoms with Crippen molar-refractivity contribution < 1.29 is 23.5 Å². The number of carbonyl (C=O) groups excluding carboxylic acids is 2. The molecule has 0 saturated carbocycles. The minimum Gasteiger partial charge on any atom is -0.485 e. The van der Waals surface area contributed by atoms with Gasteiger partial charge in [0.1, 0.15) is 12.4 Å². The molecular formula is C23H26FN3O4. The first-order chi connectivity index (χ1) is 15.0. The molecule has 4 rings (SSSR count). The molecule has 8 heteroatoms. The van der Waals surface area contributed by atoms with E-state index in [2.05, 4.69) is 0 Å². The fourth-order valence-corrected chi connectivity index (χ4v) is 3.81. The predicted octanol–water partition coefficient (Wildman–Crippen LogP) is 1.77. The second-order valence-corrected chi connectivity index (χ2v) is 7.87. The van der Waals surface area contributed by atoms with Crippen LogP contribution in [0.1, 0.15) is 5.56 Å². The van der Waals surface area contributed by atoms with Crippen molar-refractivity contribution in [3.8, 4) is 11.5 Å². The van der Waals surface area contributed by atoms with Gasteiger partial charge in [0.15, 0.2) is 11.5 Å². The van der Waals surface area contributed by atoms with Crippen LogP contribution in [0.3, 0.4) is 0 Å². The third-order valence-electron chi connectivity index (χ3n) is 5.50. The van der Waals surface area contributed by atoms with Gasteiger partial charge in [-0.15, -0.1) is 0 Å². The first-order valence-corrected chi connectivity index (χ1v) is 10.4. The van der Waals surface area contributed by atoms with Crippen LogP contribution >= 0.6 is 0 Å². The number of benzene rings is 2. The van der Waals surface area contributed by atoms with E-state index in [1.165, 1.54) is 12.1 Å². The molecule has 0 bridgehead atoms. The lowest BCUT2D eigenvalue weighted by molar-refractivity contribution is -0.146. The van der Waals surface area contributed by atoms with Gasteiger partial charge in [0, 0.05) is 32.7 Å². The number of amides is 2. The maximum atomic E-state index is 13.0. The Morgan fingerprint density at radius 1 is 1.00 bits per heavy atom. The molecule has 1 unspecified atom stereocenters. The highest BCUT2D eigenvalue weighted by Crippen LogP contribution is 2.31. The van der Waals surface area contributed by atoms with Crippen molar-refractivity contribution in [2.75, 3.05) is 46.4 Å². The van der Waals surface area contributed by atoms with Crippen LogP contribution in [0.4, 0.5) is 4.39 Å². The Bertz CT molecular complexity index is 929. The summed E-state index contributed by atoms with van der Waals surface area (Å²) in [6.07, 6.45) is -0.668.